The van der Waals surface area contributed by atoms with E-state index < -0.39 is 23.4 Å². The highest BCUT2D eigenvalue weighted by Crippen LogP contribution is 2.41. The van der Waals surface area contributed by atoms with E-state index in [2.05, 4.69) is 10.1 Å². The lowest BCUT2D eigenvalue weighted by Crippen LogP contribution is -2.47. The van der Waals surface area contributed by atoms with Gasteiger partial charge in [-0.2, -0.15) is 0 Å². The maximum Gasteiger partial charge on any atom is 0.326 e. The number of ether oxygens (including phenoxy) is 1. The molecular formula is C14H23NO5. The molecule has 2 N–H and O–H groups in total. The predicted octanol–water partition coefficient (Wildman–Crippen LogP) is 1.48. The van der Waals surface area contributed by atoms with Gasteiger partial charge >= 0.3 is 11.9 Å². The van der Waals surface area contributed by atoms with Crippen LogP contribution in [0.15, 0.2) is 0 Å². The molecule has 1 rings (SSSR count). The van der Waals surface area contributed by atoms with Crippen LogP contribution in [0.2, 0.25) is 0 Å². The van der Waals surface area contributed by atoms with Crippen molar-refractivity contribution in [3.8, 4) is 0 Å². The van der Waals surface area contributed by atoms with Crippen molar-refractivity contribution in [2.45, 2.75) is 57.9 Å². The monoisotopic (exact) mass is 285 g/mol. The van der Waals surface area contributed by atoms with E-state index in [4.69, 9.17) is 5.11 Å². The van der Waals surface area contributed by atoms with Crippen LogP contribution >= 0.6 is 0 Å². The van der Waals surface area contributed by atoms with Crippen molar-refractivity contribution in [2.24, 2.45) is 5.41 Å². The van der Waals surface area contributed by atoms with Gasteiger partial charge in [-0.05, 0) is 25.7 Å². The molecule has 1 atom stereocenters. The first-order valence-corrected chi connectivity index (χ1v) is 7.06. The van der Waals surface area contributed by atoms with Crippen molar-refractivity contribution >= 4 is 17.8 Å². The van der Waals surface area contributed by atoms with E-state index in [0.717, 1.165) is 25.7 Å². The molecule has 1 amide bonds. The molecule has 20 heavy (non-hydrogen) atoms. The van der Waals surface area contributed by atoms with Crippen molar-refractivity contribution in [1.29, 1.82) is 0 Å². The van der Waals surface area contributed by atoms with E-state index in [-0.39, 0.29) is 18.7 Å². The lowest BCUT2D eigenvalue weighted by molar-refractivity contribution is -0.145. The fourth-order valence-corrected chi connectivity index (χ4v) is 2.73. The molecular weight excluding hydrogens is 262 g/mol. The lowest BCUT2D eigenvalue weighted by Gasteiger charge is -2.28. The van der Waals surface area contributed by atoms with Crippen molar-refractivity contribution < 1.29 is 24.2 Å². The summed E-state index contributed by atoms with van der Waals surface area (Å²) in [6.07, 6.45) is 4.35. The Bertz CT molecular complexity index is 374. The van der Waals surface area contributed by atoms with Gasteiger partial charge in [0.1, 0.15) is 6.04 Å². The number of hydrogen-bond acceptors (Lipinski definition) is 4. The van der Waals surface area contributed by atoms with Gasteiger partial charge in [-0.3, -0.25) is 9.59 Å². The predicted molar refractivity (Wildman–Crippen MR) is 72.0 cm³/mol. The third-order valence-corrected chi connectivity index (χ3v) is 4.19. The topological polar surface area (TPSA) is 92.7 Å². The molecule has 1 fully saturated rings. The van der Waals surface area contributed by atoms with Crippen molar-refractivity contribution in [1.82, 2.24) is 5.32 Å². The Morgan fingerprint density at radius 2 is 1.90 bits per heavy atom. The Morgan fingerprint density at radius 1 is 1.30 bits per heavy atom. The van der Waals surface area contributed by atoms with E-state index in [1.54, 1.807) is 0 Å². The number of esters is 1. The number of carboxylic acid groups (broad SMARTS) is 1. The standard InChI is InChI=1S/C14H23NO5/c1-3-14(8-4-5-9-14)13(19)15-10(12(17)18)6-7-11(16)20-2/h10H,3-9H2,1-2H3,(H,15,19)(H,17,18)/t10-/m1/s1. The summed E-state index contributed by atoms with van der Waals surface area (Å²) in [5.74, 6) is -1.79. The summed E-state index contributed by atoms with van der Waals surface area (Å²) < 4.78 is 4.48. The van der Waals surface area contributed by atoms with Gasteiger partial charge in [-0.15, -0.1) is 0 Å². The molecule has 0 saturated heterocycles. The normalized spacial score (nSPS) is 18.3. The zero-order chi connectivity index (χ0) is 15.2. The molecule has 114 valence electrons. The first kappa shape index (κ1) is 16.5. The highest BCUT2D eigenvalue weighted by atomic mass is 16.5. The van der Waals surface area contributed by atoms with Gasteiger partial charge in [0.05, 0.1) is 7.11 Å². The molecule has 0 unspecified atom stereocenters. The summed E-state index contributed by atoms with van der Waals surface area (Å²) in [5, 5.41) is 11.7. The number of carbonyl (C=O) groups excluding carboxylic acids is 2. The average Bonchev–Trinajstić information content (AvgIpc) is 2.92. The minimum atomic E-state index is -1.12. The van der Waals surface area contributed by atoms with E-state index in [0.29, 0.717) is 6.42 Å². The van der Waals surface area contributed by atoms with Crippen molar-refractivity contribution in [3.63, 3.8) is 0 Å². The number of amides is 1. The van der Waals surface area contributed by atoms with Gasteiger partial charge in [0.15, 0.2) is 0 Å². The van der Waals surface area contributed by atoms with Crippen LogP contribution in [-0.4, -0.2) is 36.1 Å². The molecule has 1 aliphatic rings. The fourth-order valence-electron chi connectivity index (χ4n) is 2.73. The second-order valence-corrected chi connectivity index (χ2v) is 5.32. The minimum absolute atomic E-state index is 0.0210. The average molecular weight is 285 g/mol. The van der Waals surface area contributed by atoms with Crippen LogP contribution < -0.4 is 5.32 Å². The summed E-state index contributed by atoms with van der Waals surface area (Å²) in [4.78, 5) is 34.6. The van der Waals surface area contributed by atoms with Gasteiger partial charge in [-0.1, -0.05) is 19.8 Å². The van der Waals surface area contributed by atoms with Crippen LogP contribution in [-0.2, 0) is 19.1 Å². The zero-order valence-electron chi connectivity index (χ0n) is 12.1. The molecule has 0 aromatic carbocycles. The van der Waals surface area contributed by atoms with Crippen LogP contribution in [0.5, 0.6) is 0 Å². The molecule has 0 radical (unpaired) electrons. The number of carbonyl (C=O) groups is 3. The Morgan fingerprint density at radius 3 is 2.35 bits per heavy atom. The Balaban J connectivity index is 2.63. The highest BCUT2D eigenvalue weighted by Gasteiger charge is 2.40. The second kappa shape index (κ2) is 7.26. The molecule has 0 bridgehead atoms. The molecule has 0 spiro atoms. The van der Waals surface area contributed by atoms with Gasteiger partial charge < -0.3 is 15.2 Å². The van der Waals surface area contributed by atoms with Gasteiger partial charge in [0.25, 0.3) is 0 Å². The Labute approximate surface area is 118 Å². The zero-order valence-corrected chi connectivity index (χ0v) is 12.1. The van der Waals surface area contributed by atoms with E-state index in [1.165, 1.54) is 7.11 Å². The number of methoxy groups -OCH3 is 1. The Hall–Kier alpha value is -1.59. The van der Waals surface area contributed by atoms with Crippen LogP contribution in [0.3, 0.4) is 0 Å². The fraction of sp³-hybridized carbons (Fsp3) is 0.786. The molecule has 0 aromatic heterocycles. The molecule has 6 heteroatoms. The summed E-state index contributed by atoms with van der Waals surface area (Å²) >= 11 is 0. The smallest absolute Gasteiger partial charge is 0.326 e. The van der Waals surface area contributed by atoms with Gasteiger partial charge in [0, 0.05) is 11.8 Å². The molecule has 0 aromatic rings. The molecule has 0 heterocycles. The lowest BCUT2D eigenvalue weighted by atomic mass is 9.82. The maximum atomic E-state index is 12.3. The van der Waals surface area contributed by atoms with Gasteiger partial charge in [0.2, 0.25) is 5.91 Å². The SMILES string of the molecule is CCC1(C(=O)N[C@H](CCC(=O)OC)C(=O)O)CCCC1. The number of hydrogen-bond donors (Lipinski definition) is 2. The first-order valence-electron chi connectivity index (χ1n) is 7.06. The Kier molecular flexibility index (Phi) is 5.98. The largest absolute Gasteiger partial charge is 0.480 e. The molecule has 1 saturated carbocycles. The van der Waals surface area contributed by atoms with Crippen molar-refractivity contribution in [3.05, 3.63) is 0 Å². The number of aliphatic carboxylic acids is 1. The van der Waals surface area contributed by atoms with Crippen LogP contribution in [0.25, 0.3) is 0 Å². The first-order chi connectivity index (χ1) is 9.45. The summed E-state index contributed by atoms with van der Waals surface area (Å²) in [5.41, 5.74) is -0.432. The second-order valence-electron chi connectivity index (χ2n) is 5.32. The van der Waals surface area contributed by atoms with Crippen LogP contribution in [0.1, 0.15) is 51.9 Å². The summed E-state index contributed by atoms with van der Waals surface area (Å²) in [6.45, 7) is 1.95. The highest BCUT2D eigenvalue weighted by molar-refractivity contribution is 5.87. The number of carboxylic acids is 1. The number of nitrogens with one attached hydrogen (secondary N) is 1. The van der Waals surface area contributed by atoms with E-state index in [9.17, 15) is 14.4 Å². The van der Waals surface area contributed by atoms with Crippen LogP contribution in [0.4, 0.5) is 0 Å². The summed E-state index contributed by atoms with van der Waals surface area (Å²) in [6, 6.07) is -1.04. The molecule has 1 aliphatic carbocycles. The third kappa shape index (κ3) is 3.95. The van der Waals surface area contributed by atoms with Crippen molar-refractivity contribution in [2.75, 3.05) is 7.11 Å². The van der Waals surface area contributed by atoms with Crippen LogP contribution in [0, 0.1) is 5.41 Å². The number of rotatable bonds is 7. The summed E-state index contributed by atoms with van der Waals surface area (Å²) in [7, 11) is 1.25. The third-order valence-electron chi connectivity index (χ3n) is 4.19. The maximum absolute atomic E-state index is 12.3. The minimum Gasteiger partial charge on any atom is -0.480 e. The molecule has 0 aliphatic heterocycles. The van der Waals surface area contributed by atoms with E-state index in [1.807, 2.05) is 6.92 Å². The van der Waals surface area contributed by atoms with E-state index >= 15 is 0 Å². The quantitative estimate of drug-likeness (QED) is 0.691. The van der Waals surface area contributed by atoms with Gasteiger partial charge in [-0.25, -0.2) is 4.79 Å². The molecule has 6 nitrogen and oxygen atoms in total.